The molecule has 0 aliphatic heterocycles. The van der Waals surface area contributed by atoms with Crippen molar-refractivity contribution in [2.75, 3.05) is 0 Å². The fourth-order valence-corrected chi connectivity index (χ4v) is 7.18. The van der Waals surface area contributed by atoms with E-state index in [1.54, 1.807) is 0 Å². The Balaban J connectivity index is 0.00000427. The first-order chi connectivity index (χ1) is 26.8. The van der Waals surface area contributed by atoms with E-state index in [-0.39, 0.29) is 21.1 Å². The second-order valence-corrected chi connectivity index (χ2v) is 13.2. The third kappa shape index (κ3) is 7.51. The van der Waals surface area contributed by atoms with Gasteiger partial charge in [-0.15, -0.1) is 81.9 Å². The molecule has 9 rings (SSSR count). The van der Waals surface area contributed by atoms with Crippen molar-refractivity contribution >= 4 is 0 Å². The van der Waals surface area contributed by atoms with Gasteiger partial charge < -0.3 is 0 Å². The quantitative estimate of drug-likeness (QED) is 0.142. The largest absolute Gasteiger partial charge is 2.00 e. The van der Waals surface area contributed by atoms with Gasteiger partial charge in [0.25, 0.3) is 0 Å². The summed E-state index contributed by atoms with van der Waals surface area (Å²) in [5.41, 5.74) is 17.1. The molecule has 0 bridgehead atoms. The molecule has 9 aromatic rings. The van der Waals surface area contributed by atoms with Crippen molar-refractivity contribution in [2.45, 2.75) is 0 Å². The second-order valence-electron chi connectivity index (χ2n) is 13.2. The van der Waals surface area contributed by atoms with Crippen molar-refractivity contribution in [1.29, 1.82) is 0 Å². The molecule has 0 aliphatic carbocycles. The molecule has 0 amide bonds. The van der Waals surface area contributed by atoms with Gasteiger partial charge >= 0.3 is 21.1 Å². The number of aromatic nitrogens is 2. The predicted molar refractivity (Wildman–Crippen MR) is 223 cm³/mol. The summed E-state index contributed by atoms with van der Waals surface area (Å²) < 4.78 is 0. The van der Waals surface area contributed by atoms with Crippen molar-refractivity contribution in [1.82, 2.24) is 9.97 Å². The SMILES string of the molecule is [Pt+2].[c-]1c(-c2ccccc2-c2[c-]c(-c3ccccc3-c3cc(-c4ccccc4)ccn3)ccc2)cccc1-c1ccccc1-c1cc(-c2ccccc2)ccn1. The molecule has 0 unspecified atom stereocenters. The number of pyridine rings is 2. The normalized spacial score (nSPS) is 10.8. The van der Waals surface area contributed by atoms with Gasteiger partial charge in [-0.25, -0.2) is 0 Å². The zero-order valence-electron chi connectivity index (χ0n) is 29.8. The van der Waals surface area contributed by atoms with Gasteiger partial charge in [0.15, 0.2) is 0 Å². The van der Waals surface area contributed by atoms with E-state index in [9.17, 15) is 0 Å². The van der Waals surface area contributed by atoms with Crippen LogP contribution in [0.1, 0.15) is 0 Å². The Kier molecular flexibility index (Phi) is 10.5. The number of rotatable bonds is 8. The first-order valence-electron chi connectivity index (χ1n) is 18.2. The average Bonchev–Trinajstić information content (AvgIpc) is 3.27. The van der Waals surface area contributed by atoms with E-state index in [2.05, 4.69) is 194 Å². The third-order valence-electron chi connectivity index (χ3n) is 9.82. The molecule has 0 radical (unpaired) electrons. The van der Waals surface area contributed by atoms with Crippen molar-refractivity contribution < 1.29 is 21.1 Å². The summed E-state index contributed by atoms with van der Waals surface area (Å²) in [7, 11) is 0. The molecule has 55 heavy (non-hydrogen) atoms. The Bertz CT molecular complexity index is 2530. The Morgan fingerprint density at radius 3 is 0.945 bits per heavy atom. The van der Waals surface area contributed by atoms with Crippen molar-refractivity contribution in [3.8, 4) is 89.3 Å². The Hall–Kier alpha value is -6.47. The molecular weight excluding hydrogens is 848 g/mol. The maximum absolute atomic E-state index is 4.81. The van der Waals surface area contributed by atoms with Crippen molar-refractivity contribution in [2.24, 2.45) is 0 Å². The van der Waals surface area contributed by atoms with Gasteiger partial charge in [0.2, 0.25) is 0 Å². The molecule has 0 saturated heterocycles. The topological polar surface area (TPSA) is 25.8 Å². The predicted octanol–water partition coefficient (Wildman–Crippen LogP) is 13.4. The number of hydrogen-bond donors (Lipinski definition) is 0. The van der Waals surface area contributed by atoms with E-state index in [1.807, 2.05) is 24.5 Å². The summed E-state index contributed by atoms with van der Waals surface area (Å²) in [6.07, 6.45) is 3.79. The molecule has 262 valence electrons. The molecule has 7 aromatic carbocycles. The van der Waals surface area contributed by atoms with Crippen LogP contribution in [0.15, 0.2) is 207 Å². The third-order valence-corrected chi connectivity index (χ3v) is 9.82. The average molecular weight is 882 g/mol. The van der Waals surface area contributed by atoms with Gasteiger partial charge in [0.1, 0.15) is 0 Å². The van der Waals surface area contributed by atoms with Crippen LogP contribution in [0.2, 0.25) is 0 Å². The van der Waals surface area contributed by atoms with Crippen LogP contribution in [0.5, 0.6) is 0 Å². The number of hydrogen-bond acceptors (Lipinski definition) is 2. The number of nitrogens with zero attached hydrogens (tertiary/aromatic N) is 2. The maximum atomic E-state index is 4.81. The standard InChI is InChI=1S/C52H34N2.Pt/c1-3-15-37(16-4-1)39-29-31-53-51(35-39)49-27-11-9-25-47(49)43-21-13-19-41(33-43)45-23-7-8-24-46(45)42-20-14-22-44(34-42)48-26-10-12-28-50(48)52-36-40(30-32-54-52)38-17-5-2-6-18-38;/h1-32,35-36H;/q-2;+2. The fraction of sp³-hybridized carbons (Fsp3) is 0. The van der Waals surface area contributed by atoms with Gasteiger partial charge in [-0.1, -0.05) is 145 Å². The van der Waals surface area contributed by atoms with Crippen LogP contribution in [-0.2, 0) is 21.1 Å². The zero-order valence-corrected chi connectivity index (χ0v) is 32.1. The Morgan fingerprint density at radius 2 is 0.582 bits per heavy atom. The van der Waals surface area contributed by atoms with Crippen LogP contribution in [0.25, 0.3) is 89.3 Å². The summed E-state index contributed by atoms with van der Waals surface area (Å²) >= 11 is 0. The summed E-state index contributed by atoms with van der Waals surface area (Å²) in [5.74, 6) is 0. The molecule has 0 saturated carbocycles. The van der Waals surface area contributed by atoms with Gasteiger partial charge in [0.05, 0.1) is 11.4 Å². The summed E-state index contributed by atoms with van der Waals surface area (Å²) in [4.78, 5) is 9.62. The Morgan fingerprint density at radius 1 is 0.273 bits per heavy atom. The van der Waals surface area contributed by atoms with E-state index in [0.717, 1.165) is 78.1 Å². The van der Waals surface area contributed by atoms with Crippen LogP contribution >= 0.6 is 0 Å². The summed E-state index contributed by atoms with van der Waals surface area (Å²) in [6, 6.07) is 75.2. The smallest absolute Gasteiger partial charge is 0.257 e. The molecule has 3 heteroatoms. The molecule has 2 aromatic heterocycles. The minimum Gasteiger partial charge on any atom is -0.257 e. The zero-order chi connectivity index (χ0) is 36.1. The van der Waals surface area contributed by atoms with E-state index in [4.69, 9.17) is 9.97 Å². The molecule has 0 atom stereocenters. The van der Waals surface area contributed by atoms with E-state index < -0.39 is 0 Å². The first-order valence-corrected chi connectivity index (χ1v) is 18.2. The molecule has 0 aliphatic rings. The van der Waals surface area contributed by atoms with Gasteiger partial charge in [-0.3, -0.25) is 9.97 Å². The van der Waals surface area contributed by atoms with Gasteiger partial charge in [0, 0.05) is 12.4 Å². The minimum atomic E-state index is 0. The molecular formula is C52H34N2Pt. The summed E-state index contributed by atoms with van der Waals surface area (Å²) in [6.45, 7) is 0. The molecule has 2 nitrogen and oxygen atoms in total. The van der Waals surface area contributed by atoms with Crippen LogP contribution < -0.4 is 0 Å². The van der Waals surface area contributed by atoms with Gasteiger partial charge in [-0.2, -0.15) is 0 Å². The first kappa shape index (κ1) is 35.6. The second kappa shape index (κ2) is 16.3. The van der Waals surface area contributed by atoms with Crippen LogP contribution in [0.4, 0.5) is 0 Å². The van der Waals surface area contributed by atoms with E-state index in [1.165, 1.54) is 11.1 Å². The summed E-state index contributed by atoms with van der Waals surface area (Å²) in [5, 5.41) is 0. The van der Waals surface area contributed by atoms with E-state index in [0.29, 0.717) is 0 Å². The monoisotopic (exact) mass is 881 g/mol. The van der Waals surface area contributed by atoms with Crippen molar-refractivity contribution in [3.05, 3.63) is 219 Å². The molecule has 0 N–H and O–H groups in total. The molecule has 0 spiro atoms. The van der Waals surface area contributed by atoms with Crippen LogP contribution in [-0.4, -0.2) is 9.97 Å². The number of benzene rings is 7. The van der Waals surface area contributed by atoms with Gasteiger partial charge in [-0.05, 0) is 57.6 Å². The molecule has 2 heterocycles. The Labute approximate surface area is 337 Å². The van der Waals surface area contributed by atoms with Crippen molar-refractivity contribution in [3.63, 3.8) is 0 Å². The molecule has 0 fully saturated rings. The fourth-order valence-electron chi connectivity index (χ4n) is 7.18. The van der Waals surface area contributed by atoms with E-state index >= 15 is 0 Å². The van der Waals surface area contributed by atoms with Crippen LogP contribution in [0.3, 0.4) is 0 Å². The maximum Gasteiger partial charge on any atom is 2.00 e. The minimum absolute atomic E-state index is 0. The van der Waals surface area contributed by atoms with Crippen LogP contribution in [0, 0.1) is 12.1 Å².